The zero-order chi connectivity index (χ0) is 20.1. The molecule has 1 aliphatic rings. The lowest BCUT2D eigenvalue weighted by atomic mass is 9.98. The second kappa shape index (κ2) is 13.0. The Morgan fingerprint density at radius 2 is 1.63 bits per heavy atom. The van der Waals surface area contributed by atoms with Crippen molar-refractivity contribution in [2.45, 2.75) is 65.2 Å². The molecular formula is C24H37N3. The molecule has 0 bridgehead atoms. The Morgan fingerprint density at radius 1 is 0.963 bits per heavy atom. The normalized spacial score (nSPS) is 12.3. The quantitative estimate of drug-likeness (QED) is 0.455. The second-order valence-electron chi connectivity index (χ2n) is 7.19. The highest BCUT2D eigenvalue weighted by atomic mass is 15.2. The zero-order valence-corrected chi connectivity index (χ0v) is 17.7. The molecule has 1 aromatic carbocycles. The number of terminal acetylenes is 1. The van der Waals surface area contributed by atoms with Gasteiger partial charge in [0.1, 0.15) is 0 Å². The van der Waals surface area contributed by atoms with Crippen LogP contribution in [0.3, 0.4) is 0 Å². The lowest BCUT2D eigenvalue weighted by Crippen LogP contribution is -2.24. The van der Waals surface area contributed by atoms with E-state index in [0.717, 1.165) is 0 Å². The van der Waals surface area contributed by atoms with Crippen LogP contribution in [0.1, 0.15) is 64.4 Å². The van der Waals surface area contributed by atoms with Gasteiger partial charge in [-0.3, -0.25) is 4.68 Å². The van der Waals surface area contributed by atoms with Crippen LogP contribution >= 0.6 is 0 Å². The van der Waals surface area contributed by atoms with Crippen LogP contribution in [0.25, 0.3) is 11.1 Å². The summed E-state index contributed by atoms with van der Waals surface area (Å²) in [5, 5.41) is 4.23. The van der Waals surface area contributed by atoms with E-state index in [-0.39, 0.29) is 0 Å². The highest BCUT2D eigenvalue weighted by Crippen LogP contribution is 2.30. The van der Waals surface area contributed by atoms with Crippen molar-refractivity contribution in [1.29, 1.82) is 0 Å². The fourth-order valence-electron chi connectivity index (χ4n) is 3.39. The van der Waals surface area contributed by atoms with Gasteiger partial charge in [-0.25, -0.2) is 0 Å². The van der Waals surface area contributed by atoms with Gasteiger partial charge in [0.05, 0.1) is 6.20 Å². The van der Waals surface area contributed by atoms with Gasteiger partial charge >= 0.3 is 0 Å². The summed E-state index contributed by atoms with van der Waals surface area (Å²) < 4.78 is 1.85. The molecule has 3 rings (SSSR count). The number of aromatic nitrogens is 2. The van der Waals surface area contributed by atoms with Crippen molar-refractivity contribution in [3.8, 4) is 24.0 Å². The fourth-order valence-corrected chi connectivity index (χ4v) is 3.39. The minimum absolute atomic E-state index is 1.17. The predicted octanol–water partition coefficient (Wildman–Crippen LogP) is 6.09. The number of unbranched alkanes of at least 4 members (excludes halogenated alkanes) is 5. The van der Waals surface area contributed by atoms with Gasteiger partial charge in [-0.2, -0.15) is 5.10 Å². The number of aryl methyl sites for hydroxylation is 2. The van der Waals surface area contributed by atoms with E-state index in [9.17, 15) is 0 Å². The fraction of sp³-hybridized carbons (Fsp3) is 0.542. The summed E-state index contributed by atoms with van der Waals surface area (Å²) in [4.78, 5) is 2.34. The van der Waals surface area contributed by atoms with Gasteiger partial charge in [0.15, 0.2) is 0 Å². The number of benzene rings is 1. The van der Waals surface area contributed by atoms with E-state index in [4.69, 9.17) is 0 Å². The van der Waals surface area contributed by atoms with Gasteiger partial charge in [-0.1, -0.05) is 58.4 Å². The number of rotatable bonds is 6. The summed E-state index contributed by atoms with van der Waals surface area (Å²) in [7, 11) is 4.12. The summed E-state index contributed by atoms with van der Waals surface area (Å²) >= 11 is 0. The Labute approximate surface area is 166 Å². The first kappa shape index (κ1) is 22.8. The first-order chi connectivity index (χ1) is 13.2. The molecule has 0 fully saturated rings. The Hall–Kier alpha value is -2.21. The van der Waals surface area contributed by atoms with E-state index < -0.39 is 0 Å². The van der Waals surface area contributed by atoms with Crippen LogP contribution in [0.2, 0.25) is 0 Å². The molecule has 148 valence electrons. The lowest BCUT2D eigenvalue weighted by Gasteiger charge is -2.27. The molecule has 0 saturated carbocycles. The third-order valence-corrected chi connectivity index (χ3v) is 4.93. The van der Waals surface area contributed by atoms with Crippen LogP contribution in [0.5, 0.6) is 0 Å². The predicted molar refractivity (Wildman–Crippen MR) is 119 cm³/mol. The van der Waals surface area contributed by atoms with Crippen molar-refractivity contribution in [1.82, 2.24) is 9.78 Å². The molecule has 1 aromatic heterocycles. The smallest absolute Gasteiger partial charge is 0.0568 e. The zero-order valence-electron chi connectivity index (χ0n) is 17.7. The maximum atomic E-state index is 4.23. The second-order valence-corrected chi connectivity index (χ2v) is 7.19. The van der Waals surface area contributed by atoms with E-state index in [0.29, 0.717) is 0 Å². The Kier molecular flexibility index (Phi) is 11.0. The largest absolute Gasteiger partial charge is 0.374 e. The van der Waals surface area contributed by atoms with Gasteiger partial charge in [-0.05, 0) is 36.1 Å². The van der Waals surface area contributed by atoms with Gasteiger partial charge in [0, 0.05) is 38.1 Å². The van der Waals surface area contributed by atoms with Crippen molar-refractivity contribution in [3.63, 3.8) is 0 Å². The highest BCUT2D eigenvalue weighted by Gasteiger charge is 2.14. The summed E-state index contributed by atoms with van der Waals surface area (Å²) in [6.07, 6.45) is 22.9. The molecule has 0 atom stereocenters. The Morgan fingerprint density at radius 3 is 2.19 bits per heavy atom. The van der Waals surface area contributed by atoms with Gasteiger partial charge < -0.3 is 4.90 Å². The van der Waals surface area contributed by atoms with Crippen LogP contribution < -0.4 is 4.90 Å². The molecule has 2 heterocycles. The average molecular weight is 368 g/mol. The number of nitrogens with zero attached hydrogens (tertiary/aromatic N) is 3. The first-order valence-corrected chi connectivity index (χ1v) is 10.3. The third-order valence-electron chi connectivity index (χ3n) is 4.93. The molecular weight excluding hydrogens is 330 g/mol. The van der Waals surface area contributed by atoms with Gasteiger partial charge in [0.2, 0.25) is 0 Å². The molecule has 0 spiro atoms. The standard InChI is InChI=1S/C14H17N3.C8H18.C2H2/c1-16-7-3-4-12-8-11(5-6-14(12)16)13-9-15-17(2)10-13;1-3-5-7-8-6-4-2;1-2/h5-6,8-10H,3-4,7H2,1-2H3;3-8H2,1-2H3;1-2H. The minimum atomic E-state index is 1.17. The molecule has 27 heavy (non-hydrogen) atoms. The number of hydrogen-bond donors (Lipinski definition) is 0. The van der Waals surface area contributed by atoms with Crippen molar-refractivity contribution in [3.05, 3.63) is 36.2 Å². The SMILES string of the molecule is C#C.CCCCCCCC.CN1CCCc2cc(-c3cnn(C)c3)ccc21. The molecule has 0 N–H and O–H groups in total. The summed E-state index contributed by atoms with van der Waals surface area (Å²) in [6, 6.07) is 6.73. The molecule has 0 unspecified atom stereocenters. The van der Waals surface area contributed by atoms with E-state index in [1.165, 1.54) is 80.3 Å². The molecule has 2 aromatic rings. The van der Waals surface area contributed by atoms with Crippen LogP contribution in [0.4, 0.5) is 5.69 Å². The molecule has 0 aliphatic carbocycles. The van der Waals surface area contributed by atoms with Crippen LogP contribution in [0, 0.1) is 12.8 Å². The lowest BCUT2D eigenvalue weighted by molar-refractivity contribution is 0.624. The topological polar surface area (TPSA) is 21.1 Å². The maximum absolute atomic E-state index is 4.23. The summed E-state index contributed by atoms with van der Waals surface area (Å²) in [5.41, 5.74) is 5.31. The van der Waals surface area contributed by atoms with Crippen LogP contribution in [-0.4, -0.2) is 23.4 Å². The molecule has 0 saturated heterocycles. The van der Waals surface area contributed by atoms with Crippen molar-refractivity contribution < 1.29 is 0 Å². The van der Waals surface area contributed by atoms with E-state index in [1.807, 2.05) is 17.9 Å². The van der Waals surface area contributed by atoms with E-state index in [1.54, 1.807) is 0 Å². The highest BCUT2D eigenvalue weighted by molar-refractivity contribution is 5.68. The molecule has 0 radical (unpaired) electrons. The average Bonchev–Trinajstić information content (AvgIpc) is 3.14. The Bertz CT molecular complexity index is 663. The van der Waals surface area contributed by atoms with Crippen LogP contribution in [0.15, 0.2) is 30.6 Å². The molecule has 3 heteroatoms. The molecule has 0 amide bonds. The van der Waals surface area contributed by atoms with Crippen molar-refractivity contribution in [2.24, 2.45) is 7.05 Å². The Balaban J connectivity index is 0.000000312. The monoisotopic (exact) mass is 367 g/mol. The summed E-state index contributed by atoms with van der Waals surface area (Å²) in [5.74, 6) is 0. The molecule has 3 nitrogen and oxygen atoms in total. The van der Waals surface area contributed by atoms with Crippen LogP contribution in [-0.2, 0) is 13.5 Å². The maximum Gasteiger partial charge on any atom is 0.0568 e. The van der Waals surface area contributed by atoms with Gasteiger partial charge in [-0.15, -0.1) is 12.8 Å². The van der Waals surface area contributed by atoms with Crippen molar-refractivity contribution in [2.75, 3.05) is 18.5 Å². The van der Waals surface area contributed by atoms with E-state index >= 15 is 0 Å². The number of fused-ring (bicyclic) bond motifs is 1. The van der Waals surface area contributed by atoms with Crippen molar-refractivity contribution >= 4 is 5.69 Å². The van der Waals surface area contributed by atoms with E-state index in [2.05, 4.69) is 68.1 Å². The molecule has 1 aliphatic heterocycles. The summed E-state index contributed by atoms with van der Waals surface area (Å²) in [6.45, 7) is 5.68. The number of anilines is 1. The first-order valence-electron chi connectivity index (χ1n) is 10.3. The van der Waals surface area contributed by atoms with Gasteiger partial charge in [0.25, 0.3) is 0 Å². The third kappa shape index (κ3) is 7.51. The minimum Gasteiger partial charge on any atom is -0.374 e. The number of hydrogen-bond acceptors (Lipinski definition) is 2.